The lowest BCUT2D eigenvalue weighted by Gasteiger charge is -2.26. The fourth-order valence-electron chi connectivity index (χ4n) is 2.16. The predicted octanol–water partition coefficient (Wildman–Crippen LogP) is 5.26. The summed E-state index contributed by atoms with van der Waals surface area (Å²) in [6.07, 6.45) is 0. The van der Waals surface area contributed by atoms with E-state index in [1.54, 1.807) is 0 Å². The minimum Gasteiger partial charge on any atom is -0.254 e. The van der Waals surface area contributed by atoms with Crippen molar-refractivity contribution in [1.82, 2.24) is 0 Å². The molecule has 0 bridgehead atoms. The predicted molar refractivity (Wildman–Crippen MR) is 90.0 cm³/mol. The summed E-state index contributed by atoms with van der Waals surface area (Å²) in [5.41, 5.74) is 2.66. The molecule has 2 heteroatoms. The molecule has 114 valence electrons. The van der Waals surface area contributed by atoms with E-state index in [4.69, 9.17) is 0 Å². The van der Waals surface area contributed by atoms with E-state index >= 15 is 0 Å². The van der Waals surface area contributed by atoms with E-state index < -0.39 is 10.8 Å². The van der Waals surface area contributed by atoms with Gasteiger partial charge in [0.05, 0.1) is 10.8 Å². The van der Waals surface area contributed by atoms with Crippen LogP contribution >= 0.6 is 0 Å². The van der Waals surface area contributed by atoms with Crippen LogP contribution in [0.4, 0.5) is 0 Å². The Kier molecular flexibility index (Phi) is 5.23. The maximum Gasteiger partial charge on any atom is 0.0537 e. The normalized spacial score (nSPS) is 14.7. The molecule has 0 saturated heterocycles. The summed E-state index contributed by atoms with van der Waals surface area (Å²) in [6.45, 7) is 17.4. The van der Waals surface area contributed by atoms with E-state index in [1.165, 1.54) is 11.1 Å². The van der Waals surface area contributed by atoms with Crippen LogP contribution in [0.2, 0.25) is 0 Å². The largest absolute Gasteiger partial charge is 0.254 e. The van der Waals surface area contributed by atoms with Crippen molar-refractivity contribution in [1.29, 1.82) is 0 Å². The van der Waals surface area contributed by atoms with Crippen molar-refractivity contribution >= 4 is 10.8 Å². The third-order valence-electron chi connectivity index (χ3n) is 3.29. The van der Waals surface area contributed by atoms with Crippen molar-refractivity contribution in [2.45, 2.75) is 71.6 Å². The minimum absolute atomic E-state index is 0.0216. The Morgan fingerprint density at radius 2 is 1.60 bits per heavy atom. The van der Waals surface area contributed by atoms with E-state index in [-0.39, 0.29) is 10.8 Å². The first-order valence-electron chi connectivity index (χ1n) is 7.44. The first-order valence-corrected chi connectivity index (χ1v) is 8.76. The Labute approximate surface area is 127 Å². The highest BCUT2D eigenvalue weighted by atomic mass is 32.2. The summed E-state index contributed by atoms with van der Waals surface area (Å²) < 4.78 is 12.7. The van der Waals surface area contributed by atoms with Crippen LogP contribution in [0.1, 0.15) is 72.4 Å². The van der Waals surface area contributed by atoms with Gasteiger partial charge >= 0.3 is 0 Å². The van der Waals surface area contributed by atoms with Crippen LogP contribution in [0.25, 0.3) is 0 Å². The third-order valence-corrected chi connectivity index (χ3v) is 5.26. The minimum atomic E-state index is -0.932. The van der Waals surface area contributed by atoms with E-state index in [0.717, 1.165) is 4.90 Å². The highest BCUT2D eigenvalue weighted by molar-refractivity contribution is 7.85. The van der Waals surface area contributed by atoms with Crippen LogP contribution < -0.4 is 0 Å². The van der Waals surface area contributed by atoms with Gasteiger partial charge in [0.25, 0.3) is 0 Å². The molecule has 0 saturated carbocycles. The molecule has 1 atom stereocenters. The molecule has 0 fully saturated rings. The van der Waals surface area contributed by atoms with Crippen molar-refractivity contribution in [3.63, 3.8) is 0 Å². The molecule has 1 rings (SSSR count). The number of hydrogen-bond acceptors (Lipinski definition) is 1. The van der Waals surface area contributed by atoms with Crippen molar-refractivity contribution in [3.8, 4) is 0 Å². The third kappa shape index (κ3) is 4.73. The van der Waals surface area contributed by atoms with Gasteiger partial charge in [-0.2, -0.15) is 0 Å². The maximum absolute atomic E-state index is 12.7. The summed E-state index contributed by atoms with van der Waals surface area (Å²) in [5, 5.41) is 0. The van der Waals surface area contributed by atoms with Crippen molar-refractivity contribution in [2.75, 3.05) is 5.75 Å². The Bertz CT molecular complexity index is 487. The first-order chi connectivity index (χ1) is 8.92. The lowest BCUT2D eigenvalue weighted by atomic mass is 9.85. The van der Waals surface area contributed by atoms with Crippen LogP contribution in [0.3, 0.4) is 0 Å². The molecule has 0 aliphatic heterocycles. The molecule has 0 heterocycles. The van der Waals surface area contributed by atoms with Gasteiger partial charge in [0.15, 0.2) is 0 Å². The van der Waals surface area contributed by atoms with Crippen LogP contribution in [-0.2, 0) is 16.2 Å². The second kappa shape index (κ2) is 6.01. The molecule has 0 N–H and O–H groups in total. The average Bonchev–Trinajstić information content (AvgIpc) is 2.24. The molecule has 0 aliphatic rings. The van der Waals surface area contributed by atoms with Gasteiger partial charge in [0, 0.05) is 10.6 Å². The molecular weight excluding hydrogens is 264 g/mol. The highest BCUT2D eigenvalue weighted by Crippen LogP contribution is 2.32. The molecule has 0 spiro atoms. The fraction of sp³-hybridized carbons (Fsp3) is 0.667. The van der Waals surface area contributed by atoms with Gasteiger partial charge in [-0.05, 0) is 33.9 Å². The van der Waals surface area contributed by atoms with E-state index in [2.05, 4.69) is 73.6 Å². The summed E-state index contributed by atoms with van der Waals surface area (Å²) in [7, 11) is -0.932. The number of benzene rings is 1. The zero-order valence-electron chi connectivity index (χ0n) is 14.3. The Balaban J connectivity index is 3.29. The van der Waals surface area contributed by atoms with Crippen molar-refractivity contribution in [2.24, 2.45) is 5.41 Å². The molecule has 0 radical (unpaired) electrons. The van der Waals surface area contributed by atoms with Gasteiger partial charge in [-0.15, -0.1) is 0 Å². The Hall–Kier alpha value is -0.630. The Morgan fingerprint density at radius 1 is 1.05 bits per heavy atom. The molecule has 1 unspecified atom stereocenters. The molecule has 1 aromatic rings. The summed E-state index contributed by atoms with van der Waals surface area (Å²) in [4.78, 5) is 1.01. The molecule has 1 aromatic carbocycles. The van der Waals surface area contributed by atoms with Crippen LogP contribution in [0.5, 0.6) is 0 Å². The van der Waals surface area contributed by atoms with Gasteiger partial charge in [-0.25, -0.2) is 0 Å². The van der Waals surface area contributed by atoms with Gasteiger partial charge in [0.2, 0.25) is 0 Å². The van der Waals surface area contributed by atoms with Crippen LogP contribution in [-0.4, -0.2) is 9.96 Å². The number of rotatable bonds is 3. The van der Waals surface area contributed by atoms with Crippen LogP contribution in [0, 0.1) is 5.41 Å². The van der Waals surface area contributed by atoms with Crippen molar-refractivity contribution in [3.05, 3.63) is 29.3 Å². The highest BCUT2D eigenvalue weighted by Gasteiger charge is 2.24. The summed E-state index contributed by atoms with van der Waals surface area (Å²) >= 11 is 0. The SMILES string of the molecule is CC(C)c1ccc(S(=O)CC(C)(C)C)c(C(C)(C)C)c1. The topological polar surface area (TPSA) is 17.1 Å². The molecular formula is C18H30OS. The molecule has 20 heavy (non-hydrogen) atoms. The van der Waals surface area contributed by atoms with Gasteiger partial charge in [0.1, 0.15) is 0 Å². The second-order valence-corrected chi connectivity index (χ2v) is 9.63. The van der Waals surface area contributed by atoms with Gasteiger partial charge < -0.3 is 0 Å². The summed E-state index contributed by atoms with van der Waals surface area (Å²) in [6, 6.07) is 6.47. The molecule has 1 nitrogen and oxygen atoms in total. The number of hydrogen-bond donors (Lipinski definition) is 0. The average molecular weight is 295 g/mol. The van der Waals surface area contributed by atoms with Crippen LogP contribution in [0.15, 0.2) is 23.1 Å². The molecule has 0 aromatic heterocycles. The summed E-state index contributed by atoms with van der Waals surface area (Å²) in [5.74, 6) is 1.21. The van der Waals surface area contributed by atoms with E-state index in [9.17, 15) is 4.21 Å². The van der Waals surface area contributed by atoms with Crippen molar-refractivity contribution < 1.29 is 4.21 Å². The molecule has 0 amide bonds. The monoisotopic (exact) mass is 294 g/mol. The standard InChI is InChI=1S/C18H30OS/c1-13(2)14-9-10-16(15(11-14)18(6,7)8)20(19)12-17(3,4)5/h9-11,13H,12H2,1-8H3. The van der Waals surface area contributed by atoms with Gasteiger partial charge in [-0.1, -0.05) is 67.5 Å². The molecule has 0 aliphatic carbocycles. The maximum atomic E-state index is 12.7. The first kappa shape index (κ1) is 17.4. The lowest BCUT2D eigenvalue weighted by molar-refractivity contribution is 0.473. The zero-order chi connectivity index (χ0) is 15.7. The van der Waals surface area contributed by atoms with Gasteiger partial charge in [-0.3, -0.25) is 4.21 Å². The zero-order valence-corrected chi connectivity index (χ0v) is 15.1. The smallest absolute Gasteiger partial charge is 0.0537 e. The van der Waals surface area contributed by atoms with E-state index in [1.807, 2.05) is 0 Å². The Morgan fingerprint density at radius 3 is 2.00 bits per heavy atom. The second-order valence-electron chi connectivity index (χ2n) is 8.21. The lowest BCUT2D eigenvalue weighted by Crippen LogP contribution is -2.21. The quantitative estimate of drug-likeness (QED) is 0.743. The fourth-order valence-corrected chi connectivity index (χ4v) is 3.93. The van der Waals surface area contributed by atoms with E-state index in [0.29, 0.717) is 11.7 Å².